The van der Waals surface area contributed by atoms with E-state index in [4.69, 9.17) is 0 Å². The zero-order chi connectivity index (χ0) is 13.4. The minimum atomic E-state index is 0.0915. The summed E-state index contributed by atoms with van der Waals surface area (Å²) in [5, 5.41) is 0.838. The van der Waals surface area contributed by atoms with E-state index in [0.717, 1.165) is 32.3 Å². The summed E-state index contributed by atoms with van der Waals surface area (Å²) in [7, 11) is 0. The quantitative estimate of drug-likeness (QED) is 0.731. The lowest BCUT2D eigenvalue weighted by atomic mass is 10.1. The number of allylic oxidation sites excluding steroid dienone is 1. The van der Waals surface area contributed by atoms with Crippen LogP contribution in [0.1, 0.15) is 27.2 Å². The Kier molecular flexibility index (Phi) is 2.99. The van der Waals surface area contributed by atoms with E-state index in [-0.39, 0.29) is 5.78 Å². The topological polar surface area (TPSA) is 30.0 Å². The lowest BCUT2D eigenvalue weighted by Crippen LogP contribution is -1.99. The van der Waals surface area contributed by atoms with E-state index in [1.54, 1.807) is 0 Å². The molecule has 2 aromatic rings. The van der Waals surface area contributed by atoms with Crippen molar-refractivity contribution in [2.75, 3.05) is 0 Å². The molecule has 19 heavy (non-hydrogen) atoms. The molecule has 3 rings (SSSR count). The third-order valence-corrected chi connectivity index (χ3v) is 4.08. The predicted molar refractivity (Wildman–Crippen MR) is 78.3 cm³/mol. The van der Waals surface area contributed by atoms with Crippen LogP contribution in [0.25, 0.3) is 6.08 Å². The Morgan fingerprint density at radius 1 is 1.16 bits per heavy atom. The molecular formula is C16H13NOS. The average molecular weight is 267 g/mol. The zero-order valence-electron chi connectivity index (χ0n) is 10.8. The number of carbonyl (C=O) groups is 1. The molecule has 0 spiro atoms. The van der Waals surface area contributed by atoms with Crippen LogP contribution >= 0.6 is 11.8 Å². The highest BCUT2D eigenvalue weighted by molar-refractivity contribution is 8.04. The van der Waals surface area contributed by atoms with Gasteiger partial charge in [0.25, 0.3) is 0 Å². The third kappa shape index (κ3) is 2.22. The largest absolute Gasteiger partial charge is 0.288 e. The molecule has 0 aliphatic carbocycles. The first kappa shape index (κ1) is 12.2. The maximum Gasteiger partial charge on any atom is 0.202 e. The molecule has 1 aliphatic rings. The van der Waals surface area contributed by atoms with Gasteiger partial charge in [-0.2, -0.15) is 0 Å². The highest BCUT2D eigenvalue weighted by atomic mass is 32.2. The molecule has 0 bridgehead atoms. The third-order valence-electron chi connectivity index (χ3n) is 3.07. The van der Waals surface area contributed by atoms with E-state index >= 15 is 0 Å². The Bertz CT molecular complexity index is 689. The predicted octanol–water partition coefficient (Wildman–Crippen LogP) is 4.03. The average Bonchev–Trinajstić information content (AvgIpc) is 2.67. The Morgan fingerprint density at radius 2 is 1.89 bits per heavy atom. The van der Waals surface area contributed by atoms with Crippen LogP contribution < -0.4 is 0 Å². The Labute approximate surface area is 116 Å². The fourth-order valence-corrected chi connectivity index (χ4v) is 3.37. The summed E-state index contributed by atoms with van der Waals surface area (Å²) < 4.78 is 0. The monoisotopic (exact) mass is 267 g/mol. The number of fused-ring (bicyclic) bond motifs is 1. The number of Topliss-reactive ketones (excluding diaryl/α,β-unsaturated/α-hetero) is 1. The molecule has 0 fully saturated rings. The standard InChI is InChI=1S/C16H13NOS/c1-10-8-11(2)17-16-14(10)15(18)13(19-16)9-12-6-4-3-5-7-12/h3-9H,1-2H3. The van der Waals surface area contributed by atoms with Gasteiger partial charge in [0.05, 0.1) is 10.5 Å². The van der Waals surface area contributed by atoms with Crippen molar-refractivity contribution in [1.29, 1.82) is 0 Å². The van der Waals surface area contributed by atoms with Crippen molar-refractivity contribution in [1.82, 2.24) is 4.98 Å². The van der Waals surface area contributed by atoms with E-state index in [1.807, 2.05) is 56.3 Å². The number of thioether (sulfide) groups is 1. The Balaban J connectivity index is 2.05. The van der Waals surface area contributed by atoms with Crippen LogP contribution in [-0.4, -0.2) is 10.8 Å². The van der Waals surface area contributed by atoms with Crippen LogP contribution in [0.2, 0.25) is 0 Å². The summed E-state index contributed by atoms with van der Waals surface area (Å²) in [5.41, 5.74) is 3.77. The van der Waals surface area contributed by atoms with Gasteiger partial charge in [-0.15, -0.1) is 0 Å². The molecule has 0 saturated carbocycles. The van der Waals surface area contributed by atoms with Crippen molar-refractivity contribution < 1.29 is 4.79 Å². The van der Waals surface area contributed by atoms with Crippen LogP contribution in [0.3, 0.4) is 0 Å². The Morgan fingerprint density at radius 3 is 2.63 bits per heavy atom. The molecular weight excluding hydrogens is 254 g/mol. The van der Waals surface area contributed by atoms with Gasteiger partial charge < -0.3 is 0 Å². The van der Waals surface area contributed by atoms with Gasteiger partial charge in [-0.25, -0.2) is 4.98 Å². The second-order valence-electron chi connectivity index (χ2n) is 4.61. The maximum atomic E-state index is 12.4. The molecule has 0 radical (unpaired) electrons. The fourth-order valence-electron chi connectivity index (χ4n) is 2.22. The van der Waals surface area contributed by atoms with E-state index in [1.165, 1.54) is 11.8 Å². The van der Waals surface area contributed by atoms with Crippen molar-refractivity contribution in [2.24, 2.45) is 0 Å². The number of hydrogen-bond donors (Lipinski definition) is 0. The van der Waals surface area contributed by atoms with Crippen molar-refractivity contribution in [3.8, 4) is 0 Å². The second kappa shape index (κ2) is 4.67. The van der Waals surface area contributed by atoms with Gasteiger partial charge in [0.2, 0.25) is 5.78 Å². The molecule has 0 atom stereocenters. The smallest absolute Gasteiger partial charge is 0.202 e. The van der Waals surface area contributed by atoms with Crippen molar-refractivity contribution in [3.05, 3.63) is 63.7 Å². The lowest BCUT2D eigenvalue weighted by molar-refractivity contribution is 0.104. The number of benzene rings is 1. The van der Waals surface area contributed by atoms with Gasteiger partial charge in [0, 0.05) is 5.69 Å². The van der Waals surface area contributed by atoms with Crippen LogP contribution in [0, 0.1) is 13.8 Å². The van der Waals surface area contributed by atoms with E-state index in [2.05, 4.69) is 4.98 Å². The van der Waals surface area contributed by atoms with Crippen LogP contribution in [0.4, 0.5) is 0 Å². The van der Waals surface area contributed by atoms with Crippen LogP contribution in [0.15, 0.2) is 46.3 Å². The molecule has 94 valence electrons. The SMILES string of the molecule is Cc1cc(C)c2c(n1)SC(=Cc1ccccc1)C2=O. The molecule has 3 heteroatoms. The van der Waals surface area contributed by atoms with E-state index in [0.29, 0.717) is 0 Å². The van der Waals surface area contributed by atoms with Crippen molar-refractivity contribution in [3.63, 3.8) is 0 Å². The van der Waals surface area contributed by atoms with Gasteiger partial charge in [-0.05, 0) is 37.1 Å². The zero-order valence-corrected chi connectivity index (χ0v) is 11.6. The molecule has 0 unspecified atom stereocenters. The molecule has 2 nitrogen and oxygen atoms in total. The summed E-state index contributed by atoms with van der Waals surface area (Å²) in [4.78, 5) is 17.6. The summed E-state index contributed by atoms with van der Waals surface area (Å²) in [6, 6.07) is 11.9. The normalized spacial score (nSPS) is 15.9. The first-order valence-corrected chi connectivity index (χ1v) is 6.94. The summed E-state index contributed by atoms with van der Waals surface area (Å²) in [6.07, 6.45) is 1.93. The number of carbonyl (C=O) groups excluding carboxylic acids is 1. The van der Waals surface area contributed by atoms with E-state index < -0.39 is 0 Å². The first-order chi connectivity index (χ1) is 9.15. The Hall–Kier alpha value is -1.87. The highest BCUT2D eigenvalue weighted by Gasteiger charge is 2.29. The molecule has 0 saturated heterocycles. The molecule has 0 N–H and O–H groups in total. The van der Waals surface area contributed by atoms with Crippen LogP contribution in [0.5, 0.6) is 0 Å². The summed E-state index contributed by atoms with van der Waals surface area (Å²) in [6.45, 7) is 3.93. The highest BCUT2D eigenvalue weighted by Crippen LogP contribution is 2.41. The number of hydrogen-bond acceptors (Lipinski definition) is 3. The van der Waals surface area contributed by atoms with Crippen molar-refractivity contribution in [2.45, 2.75) is 18.9 Å². The number of aromatic nitrogens is 1. The molecule has 1 aromatic heterocycles. The fraction of sp³-hybridized carbons (Fsp3) is 0.125. The van der Waals surface area contributed by atoms with Gasteiger partial charge in [-0.1, -0.05) is 42.1 Å². The number of pyridine rings is 1. The van der Waals surface area contributed by atoms with Gasteiger partial charge >= 0.3 is 0 Å². The number of ketones is 1. The van der Waals surface area contributed by atoms with Gasteiger partial charge in [0.1, 0.15) is 5.03 Å². The molecule has 1 aliphatic heterocycles. The minimum Gasteiger partial charge on any atom is -0.288 e. The van der Waals surface area contributed by atoms with Crippen LogP contribution in [-0.2, 0) is 0 Å². The number of rotatable bonds is 1. The molecule has 0 amide bonds. The maximum absolute atomic E-state index is 12.4. The molecule has 1 aromatic carbocycles. The lowest BCUT2D eigenvalue weighted by Gasteiger charge is -2.01. The second-order valence-corrected chi connectivity index (χ2v) is 5.64. The van der Waals surface area contributed by atoms with Gasteiger partial charge in [-0.3, -0.25) is 4.79 Å². The number of nitrogens with zero attached hydrogens (tertiary/aromatic N) is 1. The van der Waals surface area contributed by atoms with Crippen molar-refractivity contribution >= 4 is 23.6 Å². The summed E-state index contributed by atoms with van der Waals surface area (Å²) >= 11 is 1.47. The molecule has 2 heterocycles. The van der Waals surface area contributed by atoms with E-state index in [9.17, 15) is 4.79 Å². The first-order valence-electron chi connectivity index (χ1n) is 6.12. The summed E-state index contributed by atoms with van der Waals surface area (Å²) in [5.74, 6) is 0.0915. The minimum absolute atomic E-state index is 0.0915. The van der Waals surface area contributed by atoms with Gasteiger partial charge in [0.15, 0.2) is 0 Å². The number of aryl methyl sites for hydroxylation is 2.